The maximum Gasteiger partial charge on any atom is 0.123 e. The summed E-state index contributed by atoms with van der Waals surface area (Å²) in [7, 11) is 1.68. The van der Waals surface area contributed by atoms with Crippen LogP contribution in [0.2, 0.25) is 5.02 Å². The van der Waals surface area contributed by atoms with Crippen molar-refractivity contribution in [1.82, 2.24) is 15.2 Å². The molecule has 2 unspecified atom stereocenters. The van der Waals surface area contributed by atoms with Crippen molar-refractivity contribution >= 4 is 11.6 Å². The monoisotopic (exact) mass is 296 g/mol. The second-order valence-electron chi connectivity index (χ2n) is 5.43. The molecule has 3 saturated heterocycles. The zero-order chi connectivity index (χ0) is 14.1. The number of halogens is 1. The van der Waals surface area contributed by atoms with E-state index in [4.69, 9.17) is 22.2 Å². The van der Waals surface area contributed by atoms with Crippen LogP contribution in [0, 0.1) is 0 Å². The molecule has 4 rings (SSSR count). The van der Waals surface area contributed by atoms with Crippen molar-refractivity contribution in [2.45, 2.75) is 12.1 Å². The second kappa shape index (κ2) is 5.87. The molecule has 20 heavy (non-hydrogen) atoms. The molecule has 3 N–H and O–H groups in total. The minimum Gasteiger partial charge on any atom is -0.496 e. The lowest BCUT2D eigenvalue weighted by atomic mass is 9.94. The molecule has 1 aromatic rings. The number of methoxy groups -OCH3 is 1. The summed E-state index contributed by atoms with van der Waals surface area (Å²) >= 11 is 6.14. The molecular weight excluding hydrogens is 276 g/mol. The Morgan fingerprint density at radius 3 is 2.65 bits per heavy atom. The molecule has 0 radical (unpaired) electrons. The van der Waals surface area contributed by atoms with E-state index in [0.29, 0.717) is 11.1 Å². The van der Waals surface area contributed by atoms with Crippen molar-refractivity contribution in [2.75, 3.05) is 39.8 Å². The van der Waals surface area contributed by atoms with Gasteiger partial charge in [-0.05, 0) is 18.2 Å². The normalized spacial score (nSPS) is 30.2. The van der Waals surface area contributed by atoms with Crippen molar-refractivity contribution in [3.8, 4) is 5.75 Å². The zero-order valence-corrected chi connectivity index (χ0v) is 12.4. The molecule has 2 bridgehead atoms. The van der Waals surface area contributed by atoms with E-state index >= 15 is 0 Å². The Morgan fingerprint density at radius 2 is 2.10 bits per heavy atom. The van der Waals surface area contributed by atoms with Gasteiger partial charge < -0.3 is 4.74 Å². The van der Waals surface area contributed by atoms with Crippen LogP contribution in [0.1, 0.15) is 11.6 Å². The second-order valence-corrected chi connectivity index (χ2v) is 5.87. The molecule has 0 amide bonds. The van der Waals surface area contributed by atoms with Crippen molar-refractivity contribution in [2.24, 2.45) is 5.84 Å². The van der Waals surface area contributed by atoms with Crippen LogP contribution in [-0.4, -0.2) is 55.7 Å². The lowest BCUT2D eigenvalue weighted by Crippen LogP contribution is -2.64. The van der Waals surface area contributed by atoms with E-state index in [1.54, 1.807) is 7.11 Å². The highest BCUT2D eigenvalue weighted by Gasteiger charge is 2.38. The summed E-state index contributed by atoms with van der Waals surface area (Å²) in [6, 6.07) is 6.07. The highest BCUT2D eigenvalue weighted by atomic mass is 35.5. The Morgan fingerprint density at radius 1 is 1.35 bits per heavy atom. The van der Waals surface area contributed by atoms with Crippen LogP contribution in [0.15, 0.2) is 18.2 Å². The maximum absolute atomic E-state index is 6.14. The Kier molecular flexibility index (Phi) is 4.14. The fraction of sp³-hybridized carbons (Fsp3) is 0.571. The van der Waals surface area contributed by atoms with E-state index in [0.717, 1.165) is 44.0 Å². The van der Waals surface area contributed by atoms with Crippen LogP contribution in [0.3, 0.4) is 0 Å². The summed E-state index contributed by atoms with van der Waals surface area (Å²) in [5.41, 5.74) is 4.00. The van der Waals surface area contributed by atoms with Crippen molar-refractivity contribution in [3.05, 3.63) is 28.8 Å². The first kappa shape index (κ1) is 14.1. The third kappa shape index (κ3) is 2.52. The van der Waals surface area contributed by atoms with E-state index in [1.807, 2.05) is 18.2 Å². The maximum atomic E-state index is 6.14. The quantitative estimate of drug-likeness (QED) is 0.637. The van der Waals surface area contributed by atoms with Crippen molar-refractivity contribution in [1.29, 1.82) is 0 Å². The lowest BCUT2D eigenvalue weighted by molar-refractivity contribution is -0.00400. The number of rotatable bonds is 4. The Bertz CT molecular complexity index is 476. The number of hydrogen-bond donors (Lipinski definition) is 2. The summed E-state index contributed by atoms with van der Waals surface area (Å²) in [5.74, 6) is 6.68. The van der Waals surface area contributed by atoms with E-state index in [9.17, 15) is 0 Å². The van der Waals surface area contributed by atoms with Gasteiger partial charge in [-0.25, -0.2) is 0 Å². The largest absolute Gasteiger partial charge is 0.496 e. The van der Waals surface area contributed by atoms with Crippen LogP contribution in [0.25, 0.3) is 0 Å². The molecule has 3 heterocycles. The van der Waals surface area contributed by atoms with Gasteiger partial charge >= 0.3 is 0 Å². The van der Waals surface area contributed by atoms with E-state index in [-0.39, 0.29) is 6.04 Å². The predicted octanol–water partition coefficient (Wildman–Crippen LogP) is 0.853. The number of piperazine rings is 3. The molecule has 3 fully saturated rings. The smallest absolute Gasteiger partial charge is 0.123 e. The molecule has 0 aliphatic carbocycles. The molecule has 2 atom stereocenters. The third-order valence-electron chi connectivity index (χ3n) is 4.41. The molecule has 0 spiro atoms. The highest BCUT2D eigenvalue weighted by Crippen LogP contribution is 2.33. The Labute approximate surface area is 124 Å². The highest BCUT2D eigenvalue weighted by molar-refractivity contribution is 6.30. The number of fused-ring (bicyclic) bond motifs is 3. The number of nitrogens with zero attached hydrogens (tertiary/aromatic N) is 2. The van der Waals surface area contributed by atoms with E-state index in [2.05, 4.69) is 15.2 Å². The standard InChI is InChI=1S/C14H21ClN4O/c1-20-13-3-2-10(15)8-11(13)14(17-16)12-9-18-4-6-19(12)7-5-18/h2-3,8,12,14,17H,4-7,9,16H2,1H3. The minimum atomic E-state index is 0.0201. The summed E-state index contributed by atoms with van der Waals surface area (Å²) in [4.78, 5) is 5.00. The van der Waals surface area contributed by atoms with Gasteiger partial charge in [-0.3, -0.25) is 21.1 Å². The van der Waals surface area contributed by atoms with Gasteiger partial charge in [0.2, 0.25) is 0 Å². The first-order chi connectivity index (χ1) is 9.72. The lowest BCUT2D eigenvalue weighted by Gasteiger charge is -2.50. The number of ether oxygens (including phenoxy) is 1. The average molecular weight is 297 g/mol. The van der Waals surface area contributed by atoms with Crippen molar-refractivity contribution < 1.29 is 4.74 Å². The topological polar surface area (TPSA) is 53.8 Å². The number of hydrazine groups is 1. The number of benzene rings is 1. The van der Waals surface area contributed by atoms with E-state index in [1.165, 1.54) is 0 Å². The fourth-order valence-electron chi connectivity index (χ4n) is 3.33. The first-order valence-corrected chi connectivity index (χ1v) is 7.36. The molecule has 3 aliphatic rings. The molecule has 0 saturated carbocycles. The predicted molar refractivity (Wildman–Crippen MR) is 79.9 cm³/mol. The summed E-state index contributed by atoms with van der Waals surface area (Å²) in [6.45, 7) is 5.54. The van der Waals surface area contributed by atoms with Crippen LogP contribution >= 0.6 is 11.6 Å². The summed E-state index contributed by atoms with van der Waals surface area (Å²) in [6.07, 6.45) is 0. The fourth-order valence-corrected chi connectivity index (χ4v) is 3.51. The van der Waals surface area contributed by atoms with Crippen LogP contribution in [0.4, 0.5) is 0 Å². The number of nitrogens with one attached hydrogen (secondary N) is 1. The molecule has 6 heteroatoms. The van der Waals surface area contributed by atoms with Gasteiger partial charge in [-0.2, -0.15) is 0 Å². The summed E-state index contributed by atoms with van der Waals surface area (Å²) < 4.78 is 5.47. The molecular formula is C14H21ClN4O. The number of hydrogen-bond acceptors (Lipinski definition) is 5. The van der Waals surface area contributed by atoms with Gasteiger partial charge in [0.15, 0.2) is 0 Å². The molecule has 5 nitrogen and oxygen atoms in total. The number of nitrogens with two attached hydrogens (primary N) is 1. The molecule has 0 aromatic heterocycles. The Hall–Kier alpha value is -0.850. The average Bonchev–Trinajstić information content (AvgIpc) is 2.50. The van der Waals surface area contributed by atoms with Crippen LogP contribution in [-0.2, 0) is 0 Å². The Balaban J connectivity index is 1.91. The van der Waals surface area contributed by atoms with Gasteiger partial charge in [-0.15, -0.1) is 0 Å². The summed E-state index contributed by atoms with van der Waals surface area (Å²) in [5, 5.41) is 0.706. The van der Waals surface area contributed by atoms with Crippen molar-refractivity contribution in [3.63, 3.8) is 0 Å². The van der Waals surface area contributed by atoms with Gasteiger partial charge in [-0.1, -0.05) is 11.6 Å². The van der Waals surface area contributed by atoms with Gasteiger partial charge in [0.1, 0.15) is 5.75 Å². The van der Waals surface area contributed by atoms with Crippen LogP contribution in [0.5, 0.6) is 5.75 Å². The van der Waals surface area contributed by atoms with Crippen LogP contribution < -0.4 is 16.0 Å². The first-order valence-electron chi connectivity index (χ1n) is 6.99. The molecule has 110 valence electrons. The van der Waals surface area contributed by atoms with Gasteiger partial charge in [0, 0.05) is 49.4 Å². The van der Waals surface area contributed by atoms with Gasteiger partial charge in [0.25, 0.3) is 0 Å². The third-order valence-corrected chi connectivity index (χ3v) is 4.65. The SMILES string of the molecule is COc1ccc(Cl)cc1C(NN)C1CN2CCN1CC2. The molecule has 3 aliphatic heterocycles. The van der Waals surface area contributed by atoms with Gasteiger partial charge in [0.05, 0.1) is 13.2 Å². The zero-order valence-electron chi connectivity index (χ0n) is 11.7. The minimum absolute atomic E-state index is 0.0201. The van der Waals surface area contributed by atoms with E-state index < -0.39 is 0 Å². The molecule has 1 aromatic carbocycles.